The number of nitro groups is 1. The largest absolute Gasteiger partial charge is 0.378 e. The third-order valence-electron chi connectivity index (χ3n) is 5.94. The van der Waals surface area contributed by atoms with Crippen LogP contribution in [0.5, 0.6) is 0 Å². The van der Waals surface area contributed by atoms with Gasteiger partial charge >= 0.3 is 0 Å². The van der Waals surface area contributed by atoms with E-state index in [2.05, 4.69) is 10.3 Å². The lowest BCUT2D eigenvalue weighted by molar-refractivity contribution is -0.384. The number of primary amides is 1. The molecule has 2 amide bonds. The van der Waals surface area contributed by atoms with E-state index in [9.17, 15) is 19.7 Å². The predicted molar refractivity (Wildman–Crippen MR) is 122 cm³/mol. The standard InChI is InChI=1S/C22H26N6O5/c23-21(29)15-2-1-7-27(14-15)20-6-3-16(13-24-20)25-22(30)18-12-17(28(31)32)4-5-19(18)26-8-10-33-11-9-26/h3-6,12-13,15H,1-2,7-11,14H2,(H2,23,29)(H,25,30). The second kappa shape index (κ2) is 9.82. The van der Waals surface area contributed by atoms with Crippen LogP contribution >= 0.6 is 0 Å². The van der Waals surface area contributed by atoms with E-state index >= 15 is 0 Å². The van der Waals surface area contributed by atoms with E-state index in [1.807, 2.05) is 9.80 Å². The second-order valence-electron chi connectivity index (χ2n) is 8.10. The molecule has 2 saturated heterocycles. The number of hydrogen-bond acceptors (Lipinski definition) is 8. The maximum absolute atomic E-state index is 13.1. The van der Waals surface area contributed by atoms with Gasteiger partial charge in [-0.25, -0.2) is 4.98 Å². The van der Waals surface area contributed by atoms with Gasteiger partial charge in [0.1, 0.15) is 5.82 Å². The van der Waals surface area contributed by atoms with Gasteiger partial charge in [-0.15, -0.1) is 0 Å². The number of nitrogens with two attached hydrogens (primary N) is 1. The molecule has 0 aliphatic carbocycles. The van der Waals surface area contributed by atoms with E-state index in [-0.39, 0.29) is 23.1 Å². The zero-order valence-electron chi connectivity index (χ0n) is 18.1. The van der Waals surface area contributed by atoms with Crippen LogP contribution in [0.1, 0.15) is 23.2 Å². The van der Waals surface area contributed by atoms with Crippen molar-refractivity contribution in [2.24, 2.45) is 11.7 Å². The number of nitrogens with one attached hydrogen (secondary N) is 1. The summed E-state index contributed by atoms with van der Waals surface area (Å²) < 4.78 is 5.37. The first-order valence-corrected chi connectivity index (χ1v) is 10.8. The summed E-state index contributed by atoms with van der Waals surface area (Å²) in [7, 11) is 0. The molecule has 0 radical (unpaired) electrons. The molecule has 2 fully saturated rings. The van der Waals surface area contributed by atoms with Gasteiger partial charge in [-0.3, -0.25) is 19.7 Å². The monoisotopic (exact) mass is 454 g/mol. The molecular weight excluding hydrogens is 428 g/mol. The topological polar surface area (TPSA) is 144 Å². The Morgan fingerprint density at radius 2 is 1.94 bits per heavy atom. The van der Waals surface area contributed by atoms with Crippen molar-refractivity contribution in [1.82, 2.24) is 4.98 Å². The van der Waals surface area contributed by atoms with Crippen LogP contribution in [0.2, 0.25) is 0 Å². The predicted octanol–water partition coefficient (Wildman–Crippen LogP) is 1.78. The Bertz CT molecular complexity index is 1040. The number of benzene rings is 1. The minimum Gasteiger partial charge on any atom is -0.378 e. The van der Waals surface area contributed by atoms with Gasteiger partial charge in [-0.1, -0.05) is 0 Å². The second-order valence-corrected chi connectivity index (χ2v) is 8.10. The Balaban J connectivity index is 1.51. The Labute approximate surface area is 190 Å². The highest BCUT2D eigenvalue weighted by Crippen LogP contribution is 2.28. The number of nitrogens with zero attached hydrogens (tertiary/aromatic N) is 4. The lowest BCUT2D eigenvalue weighted by Crippen LogP contribution is -2.41. The number of ether oxygens (including phenoxy) is 1. The van der Waals surface area contributed by atoms with Gasteiger partial charge < -0.3 is 25.6 Å². The first kappa shape index (κ1) is 22.5. The van der Waals surface area contributed by atoms with Crippen LogP contribution in [0, 0.1) is 16.0 Å². The van der Waals surface area contributed by atoms with Crippen molar-refractivity contribution in [3.63, 3.8) is 0 Å². The number of anilines is 3. The Morgan fingerprint density at radius 1 is 1.15 bits per heavy atom. The lowest BCUT2D eigenvalue weighted by atomic mass is 9.97. The van der Waals surface area contributed by atoms with Crippen LogP contribution in [-0.4, -0.2) is 61.1 Å². The van der Waals surface area contributed by atoms with Crippen molar-refractivity contribution >= 4 is 34.7 Å². The molecule has 2 aromatic rings. The average Bonchev–Trinajstić information content (AvgIpc) is 2.84. The maximum atomic E-state index is 13.1. The molecular formula is C22H26N6O5. The highest BCUT2D eigenvalue weighted by Gasteiger charge is 2.25. The number of hydrogen-bond donors (Lipinski definition) is 2. The number of carbonyl (C=O) groups excluding carboxylic acids is 2. The summed E-state index contributed by atoms with van der Waals surface area (Å²) in [6.07, 6.45) is 3.16. The Hall–Kier alpha value is -3.73. The molecule has 2 aliphatic rings. The summed E-state index contributed by atoms with van der Waals surface area (Å²) in [6, 6.07) is 7.79. The number of pyridine rings is 1. The van der Waals surface area contributed by atoms with Crippen molar-refractivity contribution in [2.75, 3.05) is 54.5 Å². The Morgan fingerprint density at radius 3 is 2.61 bits per heavy atom. The average molecular weight is 454 g/mol. The van der Waals surface area contributed by atoms with Crippen LogP contribution in [-0.2, 0) is 9.53 Å². The van der Waals surface area contributed by atoms with Crippen LogP contribution < -0.4 is 20.9 Å². The number of rotatable bonds is 6. The molecule has 3 N–H and O–H groups in total. The Kier molecular flexibility index (Phi) is 6.68. The fraction of sp³-hybridized carbons (Fsp3) is 0.409. The minimum atomic E-state index is -0.520. The van der Waals surface area contributed by atoms with Crippen LogP contribution in [0.25, 0.3) is 0 Å². The van der Waals surface area contributed by atoms with Gasteiger partial charge in [0.25, 0.3) is 11.6 Å². The van der Waals surface area contributed by atoms with E-state index < -0.39 is 10.8 Å². The molecule has 4 rings (SSSR count). The summed E-state index contributed by atoms with van der Waals surface area (Å²) in [5.74, 6) is -0.270. The summed E-state index contributed by atoms with van der Waals surface area (Å²) in [5.41, 5.74) is 6.60. The molecule has 11 heteroatoms. The fourth-order valence-electron chi connectivity index (χ4n) is 4.16. The van der Waals surface area contributed by atoms with E-state index in [1.54, 1.807) is 18.2 Å². The quantitative estimate of drug-likeness (QED) is 0.496. The summed E-state index contributed by atoms with van der Waals surface area (Å²) >= 11 is 0. The van der Waals surface area contributed by atoms with E-state index in [0.29, 0.717) is 50.0 Å². The van der Waals surface area contributed by atoms with E-state index in [1.165, 1.54) is 18.3 Å². The smallest absolute Gasteiger partial charge is 0.270 e. The third-order valence-corrected chi connectivity index (χ3v) is 5.94. The summed E-state index contributed by atoms with van der Waals surface area (Å²) in [4.78, 5) is 43.8. The maximum Gasteiger partial charge on any atom is 0.270 e. The molecule has 3 heterocycles. The molecule has 2 aliphatic heterocycles. The van der Waals surface area contributed by atoms with Gasteiger partial charge in [-0.05, 0) is 31.0 Å². The van der Waals surface area contributed by atoms with Crippen LogP contribution in [0.15, 0.2) is 36.5 Å². The number of non-ortho nitro benzene ring substituents is 1. The SMILES string of the molecule is NC(=O)C1CCCN(c2ccc(NC(=O)c3cc([N+](=O)[O-])ccc3N3CCOCC3)cn2)C1. The van der Waals surface area contributed by atoms with Gasteiger partial charge in [0.2, 0.25) is 5.91 Å². The van der Waals surface area contributed by atoms with Crippen molar-refractivity contribution in [2.45, 2.75) is 12.8 Å². The number of aromatic nitrogens is 1. The molecule has 33 heavy (non-hydrogen) atoms. The van der Waals surface area contributed by atoms with Gasteiger partial charge in [0, 0.05) is 38.3 Å². The molecule has 0 bridgehead atoms. The van der Waals surface area contributed by atoms with Crippen LogP contribution in [0.3, 0.4) is 0 Å². The van der Waals surface area contributed by atoms with Crippen molar-refractivity contribution < 1.29 is 19.2 Å². The first-order valence-electron chi connectivity index (χ1n) is 10.8. The highest BCUT2D eigenvalue weighted by molar-refractivity contribution is 6.08. The number of amides is 2. The zero-order valence-corrected chi connectivity index (χ0v) is 18.1. The van der Waals surface area contributed by atoms with E-state index in [4.69, 9.17) is 10.5 Å². The van der Waals surface area contributed by atoms with Crippen molar-refractivity contribution in [1.29, 1.82) is 0 Å². The molecule has 174 valence electrons. The minimum absolute atomic E-state index is 0.153. The van der Waals surface area contributed by atoms with Crippen molar-refractivity contribution in [3.8, 4) is 0 Å². The number of carbonyl (C=O) groups is 2. The molecule has 1 aromatic heterocycles. The zero-order chi connectivity index (χ0) is 23.4. The molecule has 1 aromatic carbocycles. The number of nitro benzene ring substituents is 1. The molecule has 0 spiro atoms. The number of morpholine rings is 1. The number of piperidine rings is 1. The fourth-order valence-corrected chi connectivity index (χ4v) is 4.16. The van der Waals surface area contributed by atoms with Crippen molar-refractivity contribution in [3.05, 3.63) is 52.2 Å². The van der Waals surface area contributed by atoms with Gasteiger partial charge in [0.15, 0.2) is 0 Å². The molecule has 11 nitrogen and oxygen atoms in total. The lowest BCUT2D eigenvalue weighted by Gasteiger charge is -2.32. The molecule has 1 unspecified atom stereocenters. The summed E-state index contributed by atoms with van der Waals surface area (Å²) in [6.45, 7) is 3.53. The normalized spacial score (nSPS) is 18.6. The molecule has 0 saturated carbocycles. The third kappa shape index (κ3) is 5.20. The molecule has 1 atom stereocenters. The van der Waals surface area contributed by atoms with Gasteiger partial charge in [0.05, 0.1) is 47.2 Å². The van der Waals surface area contributed by atoms with Crippen LogP contribution in [0.4, 0.5) is 22.9 Å². The highest BCUT2D eigenvalue weighted by atomic mass is 16.6. The first-order chi connectivity index (χ1) is 15.9. The van der Waals surface area contributed by atoms with Gasteiger partial charge in [-0.2, -0.15) is 0 Å². The summed E-state index contributed by atoms with van der Waals surface area (Å²) in [5, 5.41) is 14.1. The van der Waals surface area contributed by atoms with E-state index in [0.717, 1.165) is 19.4 Å².